The molecule has 1 amide bonds. The standard InChI is InChI=1S/C14H22N4O2/c1-14(2,20)10-17(3)12(19)11-6-4-9-18(11)13-15-7-5-8-16-13/h5,7-8,11,20H,4,6,9-10H2,1-3H3. The SMILES string of the molecule is CN(CC(C)(C)O)C(=O)C1CCCN1c1ncccn1. The molecule has 6 heteroatoms. The van der Waals surface area contributed by atoms with E-state index in [2.05, 4.69) is 9.97 Å². The molecule has 1 saturated heterocycles. The van der Waals surface area contributed by atoms with Crippen LogP contribution < -0.4 is 4.90 Å². The summed E-state index contributed by atoms with van der Waals surface area (Å²) in [5.74, 6) is 0.608. The van der Waals surface area contributed by atoms with Gasteiger partial charge < -0.3 is 14.9 Å². The topological polar surface area (TPSA) is 69.6 Å². The van der Waals surface area contributed by atoms with Crippen LogP contribution in [0.5, 0.6) is 0 Å². The van der Waals surface area contributed by atoms with Crippen LogP contribution >= 0.6 is 0 Å². The third-order valence-corrected chi connectivity index (χ3v) is 3.35. The monoisotopic (exact) mass is 278 g/mol. The average molecular weight is 278 g/mol. The van der Waals surface area contributed by atoms with Gasteiger partial charge in [0.2, 0.25) is 11.9 Å². The van der Waals surface area contributed by atoms with Gasteiger partial charge in [0, 0.05) is 32.5 Å². The minimum Gasteiger partial charge on any atom is -0.389 e. The van der Waals surface area contributed by atoms with E-state index in [4.69, 9.17) is 0 Å². The van der Waals surface area contributed by atoms with Crippen LogP contribution in [-0.4, -0.2) is 57.7 Å². The first-order chi connectivity index (χ1) is 9.38. The first kappa shape index (κ1) is 14.7. The van der Waals surface area contributed by atoms with Crippen molar-refractivity contribution in [2.24, 2.45) is 0 Å². The van der Waals surface area contributed by atoms with Gasteiger partial charge in [0.1, 0.15) is 6.04 Å². The second kappa shape index (κ2) is 5.75. The van der Waals surface area contributed by atoms with E-state index in [0.717, 1.165) is 19.4 Å². The predicted molar refractivity (Wildman–Crippen MR) is 76.3 cm³/mol. The number of carbonyl (C=O) groups is 1. The fraction of sp³-hybridized carbons (Fsp3) is 0.643. The second-order valence-electron chi connectivity index (χ2n) is 5.91. The Balaban J connectivity index is 2.09. The Kier molecular flexibility index (Phi) is 4.23. The summed E-state index contributed by atoms with van der Waals surface area (Å²) in [5.41, 5.74) is -0.892. The Bertz CT molecular complexity index is 458. The number of amides is 1. The molecule has 1 unspecified atom stereocenters. The molecule has 0 aromatic carbocycles. The molecule has 0 saturated carbocycles. The lowest BCUT2D eigenvalue weighted by Gasteiger charge is -2.31. The maximum atomic E-state index is 12.5. The maximum Gasteiger partial charge on any atom is 0.245 e. The molecule has 1 aliphatic rings. The summed E-state index contributed by atoms with van der Waals surface area (Å²) in [7, 11) is 1.72. The molecule has 2 heterocycles. The summed E-state index contributed by atoms with van der Waals surface area (Å²) in [6, 6.07) is 1.53. The van der Waals surface area contributed by atoms with Gasteiger partial charge in [-0.05, 0) is 32.8 Å². The van der Waals surface area contributed by atoms with Gasteiger partial charge in [0.15, 0.2) is 0 Å². The van der Waals surface area contributed by atoms with Crippen LogP contribution in [0.4, 0.5) is 5.95 Å². The van der Waals surface area contributed by atoms with Crippen molar-refractivity contribution in [1.29, 1.82) is 0 Å². The number of aliphatic hydroxyl groups is 1. The number of rotatable bonds is 4. The minimum atomic E-state index is -0.892. The first-order valence-electron chi connectivity index (χ1n) is 6.89. The zero-order valence-electron chi connectivity index (χ0n) is 12.3. The van der Waals surface area contributed by atoms with Gasteiger partial charge in [0.25, 0.3) is 0 Å². The summed E-state index contributed by atoms with van der Waals surface area (Å²) in [6.45, 7) is 4.50. The number of carbonyl (C=O) groups excluding carboxylic acids is 1. The molecule has 1 fully saturated rings. The molecule has 1 N–H and O–H groups in total. The molecular weight excluding hydrogens is 256 g/mol. The van der Waals surface area contributed by atoms with Crippen LogP contribution in [0.1, 0.15) is 26.7 Å². The van der Waals surface area contributed by atoms with Gasteiger partial charge in [0.05, 0.1) is 5.60 Å². The number of aromatic nitrogens is 2. The normalized spacial score (nSPS) is 19.2. The summed E-state index contributed by atoms with van der Waals surface area (Å²) in [5, 5.41) is 9.83. The quantitative estimate of drug-likeness (QED) is 0.877. The van der Waals surface area contributed by atoms with E-state index in [1.165, 1.54) is 0 Å². The zero-order valence-corrected chi connectivity index (χ0v) is 12.3. The summed E-state index contributed by atoms with van der Waals surface area (Å²) >= 11 is 0. The molecule has 0 spiro atoms. The highest BCUT2D eigenvalue weighted by molar-refractivity contribution is 5.85. The van der Waals surface area contributed by atoms with E-state index in [1.54, 1.807) is 44.3 Å². The Morgan fingerprint density at radius 2 is 2.15 bits per heavy atom. The van der Waals surface area contributed by atoms with E-state index < -0.39 is 5.60 Å². The number of likely N-dealkylation sites (N-methyl/N-ethyl adjacent to an activating group) is 1. The van der Waals surface area contributed by atoms with Gasteiger partial charge in [-0.25, -0.2) is 9.97 Å². The molecule has 0 aliphatic carbocycles. The third-order valence-electron chi connectivity index (χ3n) is 3.35. The fourth-order valence-corrected chi connectivity index (χ4v) is 2.62. The van der Waals surface area contributed by atoms with E-state index in [-0.39, 0.29) is 11.9 Å². The van der Waals surface area contributed by atoms with Gasteiger partial charge in [-0.1, -0.05) is 0 Å². The van der Waals surface area contributed by atoms with Crippen LogP contribution in [0.25, 0.3) is 0 Å². The number of anilines is 1. The molecule has 1 atom stereocenters. The first-order valence-corrected chi connectivity index (χ1v) is 6.89. The maximum absolute atomic E-state index is 12.5. The minimum absolute atomic E-state index is 0.0112. The lowest BCUT2D eigenvalue weighted by Crippen LogP contribution is -2.48. The van der Waals surface area contributed by atoms with E-state index >= 15 is 0 Å². The summed E-state index contributed by atoms with van der Waals surface area (Å²) < 4.78 is 0. The summed E-state index contributed by atoms with van der Waals surface area (Å²) in [4.78, 5) is 24.5. The number of hydrogen-bond acceptors (Lipinski definition) is 5. The number of nitrogens with zero attached hydrogens (tertiary/aromatic N) is 4. The van der Waals surface area contributed by atoms with E-state index in [9.17, 15) is 9.90 Å². The molecular formula is C14H22N4O2. The van der Waals surface area contributed by atoms with E-state index in [1.807, 2.05) is 4.90 Å². The van der Waals surface area contributed by atoms with Crippen LogP contribution in [0.15, 0.2) is 18.5 Å². The van der Waals surface area contributed by atoms with Crippen LogP contribution in [0, 0.1) is 0 Å². The smallest absolute Gasteiger partial charge is 0.245 e. The van der Waals surface area contributed by atoms with Crippen molar-refractivity contribution in [3.8, 4) is 0 Å². The van der Waals surface area contributed by atoms with Crippen molar-refractivity contribution in [3.05, 3.63) is 18.5 Å². The van der Waals surface area contributed by atoms with Crippen molar-refractivity contribution in [1.82, 2.24) is 14.9 Å². The molecule has 1 aromatic heterocycles. The van der Waals surface area contributed by atoms with E-state index in [0.29, 0.717) is 12.5 Å². The number of hydrogen-bond donors (Lipinski definition) is 1. The molecule has 6 nitrogen and oxygen atoms in total. The Morgan fingerprint density at radius 3 is 2.75 bits per heavy atom. The highest BCUT2D eigenvalue weighted by Crippen LogP contribution is 2.23. The van der Waals surface area contributed by atoms with Crippen molar-refractivity contribution >= 4 is 11.9 Å². The molecule has 1 aromatic rings. The highest BCUT2D eigenvalue weighted by Gasteiger charge is 2.35. The Morgan fingerprint density at radius 1 is 1.50 bits per heavy atom. The largest absolute Gasteiger partial charge is 0.389 e. The lowest BCUT2D eigenvalue weighted by atomic mass is 10.1. The average Bonchev–Trinajstić information content (AvgIpc) is 2.86. The summed E-state index contributed by atoms with van der Waals surface area (Å²) in [6.07, 6.45) is 5.11. The van der Waals surface area contributed by atoms with Gasteiger partial charge in [-0.3, -0.25) is 4.79 Å². The predicted octanol–water partition coefficient (Wildman–Crippen LogP) is 0.675. The van der Waals surface area contributed by atoms with Gasteiger partial charge >= 0.3 is 0 Å². The van der Waals surface area contributed by atoms with Crippen LogP contribution in [0.3, 0.4) is 0 Å². The molecule has 20 heavy (non-hydrogen) atoms. The lowest BCUT2D eigenvalue weighted by molar-refractivity contribution is -0.133. The van der Waals surface area contributed by atoms with Crippen molar-refractivity contribution in [3.63, 3.8) is 0 Å². The third kappa shape index (κ3) is 3.45. The molecule has 2 rings (SSSR count). The van der Waals surface area contributed by atoms with Gasteiger partial charge in [-0.15, -0.1) is 0 Å². The van der Waals surface area contributed by atoms with Crippen molar-refractivity contribution in [2.75, 3.05) is 25.0 Å². The van der Waals surface area contributed by atoms with Crippen LogP contribution in [-0.2, 0) is 4.79 Å². The Labute approximate surface area is 119 Å². The zero-order chi connectivity index (χ0) is 14.8. The van der Waals surface area contributed by atoms with Crippen LogP contribution in [0.2, 0.25) is 0 Å². The molecule has 0 bridgehead atoms. The molecule has 0 radical (unpaired) electrons. The van der Waals surface area contributed by atoms with Crippen molar-refractivity contribution in [2.45, 2.75) is 38.3 Å². The Hall–Kier alpha value is -1.69. The van der Waals surface area contributed by atoms with Crippen molar-refractivity contribution < 1.29 is 9.90 Å². The molecule has 1 aliphatic heterocycles. The fourth-order valence-electron chi connectivity index (χ4n) is 2.62. The highest BCUT2D eigenvalue weighted by atomic mass is 16.3. The second-order valence-corrected chi connectivity index (χ2v) is 5.91. The van der Waals surface area contributed by atoms with Gasteiger partial charge in [-0.2, -0.15) is 0 Å². The molecule has 110 valence electrons.